The van der Waals surface area contributed by atoms with Crippen molar-refractivity contribution in [3.63, 3.8) is 0 Å². The number of ether oxygens (including phenoxy) is 1. The molecule has 1 heterocycles. The molecule has 1 saturated heterocycles. The molecular weight excluding hydrogens is 385 g/mol. The molecule has 8 heteroatoms. The standard InChI is InChI=1S/C21H27F3N2O3/c1-3-4-12-9-13-11-14(29-2)5-6-15(13)17(10-12)25-19(27)16-7-8-18(21(22,23)24)26-20(16)28/h5-6,11-12,16-18H,3-4,7-10H2,1-2H3,(H,25,27)(H,26,28). The molecule has 29 heavy (non-hydrogen) atoms. The zero-order valence-electron chi connectivity index (χ0n) is 16.6. The van der Waals surface area contributed by atoms with Crippen molar-refractivity contribution in [2.75, 3.05) is 7.11 Å². The molecule has 1 aromatic carbocycles. The number of fused-ring (bicyclic) bond motifs is 1. The molecule has 3 rings (SSSR count). The molecule has 0 spiro atoms. The minimum absolute atomic E-state index is 0.109. The summed E-state index contributed by atoms with van der Waals surface area (Å²) < 4.78 is 43.8. The zero-order chi connectivity index (χ0) is 21.2. The van der Waals surface area contributed by atoms with Crippen LogP contribution in [0.25, 0.3) is 0 Å². The normalized spacial score (nSPS) is 27.0. The highest BCUT2D eigenvalue weighted by Gasteiger charge is 2.46. The van der Waals surface area contributed by atoms with Crippen molar-refractivity contribution < 1.29 is 27.5 Å². The van der Waals surface area contributed by atoms with E-state index in [0.717, 1.165) is 42.6 Å². The third kappa shape index (κ3) is 4.85. The fraction of sp³-hybridized carbons (Fsp3) is 0.619. The first-order valence-corrected chi connectivity index (χ1v) is 10.1. The minimum Gasteiger partial charge on any atom is -0.497 e. The van der Waals surface area contributed by atoms with E-state index in [9.17, 15) is 22.8 Å². The van der Waals surface area contributed by atoms with Crippen molar-refractivity contribution in [3.05, 3.63) is 29.3 Å². The summed E-state index contributed by atoms with van der Waals surface area (Å²) in [6, 6.07) is 3.58. The summed E-state index contributed by atoms with van der Waals surface area (Å²) in [4.78, 5) is 24.9. The molecule has 1 aliphatic heterocycles. The lowest BCUT2D eigenvalue weighted by molar-refractivity contribution is -0.171. The molecule has 4 atom stereocenters. The maximum Gasteiger partial charge on any atom is 0.408 e. The predicted octanol–water partition coefficient (Wildman–Crippen LogP) is 3.67. The van der Waals surface area contributed by atoms with E-state index in [1.54, 1.807) is 7.11 Å². The van der Waals surface area contributed by atoms with Gasteiger partial charge in [0.1, 0.15) is 17.7 Å². The number of rotatable bonds is 5. The highest BCUT2D eigenvalue weighted by molar-refractivity contribution is 6.01. The van der Waals surface area contributed by atoms with Gasteiger partial charge in [0.25, 0.3) is 0 Å². The Kier molecular flexibility index (Phi) is 6.39. The van der Waals surface area contributed by atoms with Crippen LogP contribution >= 0.6 is 0 Å². The van der Waals surface area contributed by atoms with E-state index in [4.69, 9.17) is 4.74 Å². The maximum absolute atomic E-state index is 12.8. The first kappa shape index (κ1) is 21.5. The van der Waals surface area contributed by atoms with Crippen LogP contribution in [-0.4, -0.2) is 31.1 Å². The van der Waals surface area contributed by atoms with Crippen molar-refractivity contribution in [3.8, 4) is 5.75 Å². The van der Waals surface area contributed by atoms with Gasteiger partial charge in [-0.3, -0.25) is 9.59 Å². The highest BCUT2D eigenvalue weighted by atomic mass is 19.4. The van der Waals surface area contributed by atoms with E-state index in [1.807, 2.05) is 23.5 Å². The molecule has 2 N–H and O–H groups in total. The lowest BCUT2D eigenvalue weighted by Gasteiger charge is -2.34. The number of methoxy groups -OCH3 is 1. The summed E-state index contributed by atoms with van der Waals surface area (Å²) in [6.07, 6.45) is -1.21. The first-order valence-electron chi connectivity index (χ1n) is 10.1. The molecule has 0 radical (unpaired) electrons. The van der Waals surface area contributed by atoms with Gasteiger partial charge in [0.2, 0.25) is 11.8 Å². The van der Waals surface area contributed by atoms with Crippen LogP contribution in [0.3, 0.4) is 0 Å². The number of carbonyl (C=O) groups excluding carboxylic acids is 2. The van der Waals surface area contributed by atoms with E-state index in [-0.39, 0.29) is 18.9 Å². The molecule has 0 bridgehead atoms. The minimum atomic E-state index is -4.49. The number of carbonyl (C=O) groups is 2. The van der Waals surface area contributed by atoms with Gasteiger partial charge in [0.05, 0.1) is 13.2 Å². The van der Waals surface area contributed by atoms with E-state index < -0.39 is 30.0 Å². The van der Waals surface area contributed by atoms with Gasteiger partial charge in [0.15, 0.2) is 0 Å². The second-order valence-corrected chi connectivity index (χ2v) is 7.95. The van der Waals surface area contributed by atoms with Gasteiger partial charge >= 0.3 is 6.18 Å². The first-order chi connectivity index (χ1) is 13.7. The number of nitrogens with one attached hydrogen (secondary N) is 2. The van der Waals surface area contributed by atoms with E-state index in [0.29, 0.717) is 5.92 Å². The highest BCUT2D eigenvalue weighted by Crippen LogP contribution is 2.37. The summed E-state index contributed by atoms with van der Waals surface area (Å²) in [5.74, 6) is -1.32. The number of benzene rings is 1. The lowest BCUT2D eigenvalue weighted by atomic mass is 9.78. The average Bonchev–Trinajstić information content (AvgIpc) is 2.66. The van der Waals surface area contributed by atoms with Gasteiger partial charge in [-0.2, -0.15) is 13.2 Å². The van der Waals surface area contributed by atoms with E-state index in [2.05, 4.69) is 12.2 Å². The number of amides is 2. The summed E-state index contributed by atoms with van der Waals surface area (Å²) in [6.45, 7) is 2.11. The second-order valence-electron chi connectivity index (χ2n) is 7.95. The Bertz CT molecular complexity index is 766. The van der Waals surface area contributed by atoms with E-state index in [1.165, 1.54) is 0 Å². The molecule has 1 aromatic rings. The van der Waals surface area contributed by atoms with Crippen LogP contribution in [0.2, 0.25) is 0 Å². The van der Waals surface area contributed by atoms with Crippen molar-refractivity contribution in [2.45, 2.75) is 63.7 Å². The van der Waals surface area contributed by atoms with Crippen LogP contribution in [0.4, 0.5) is 13.2 Å². The van der Waals surface area contributed by atoms with Crippen LogP contribution in [0.5, 0.6) is 5.75 Å². The third-order valence-electron chi connectivity index (χ3n) is 5.91. The van der Waals surface area contributed by atoms with Gasteiger partial charge in [-0.05, 0) is 54.9 Å². The lowest BCUT2D eigenvalue weighted by Crippen LogP contribution is -2.54. The van der Waals surface area contributed by atoms with Gasteiger partial charge in [0, 0.05) is 0 Å². The van der Waals surface area contributed by atoms with Crippen molar-refractivity contribution in [2.24, 2.45) is 11.8 Å². The van der Waals surface area contributed by atoms with Crippen LogP contribution in [0.1, 0.15) is 56.2 Å². The number of hydrogen-bond acceptors (Lipinski definition) is 3. The molecule has 2 amide bonds. The smallest absolute Gasteiger partial charge is 0.408 e. The maximum atomic E-state index is 12.8. The molecule has 160 valence electrons. The van der Waals surface area contributed by atoms with Crippen LogP contribution in [0.15, 0.2) is 18.2 Å². The summed E-state index contributed by atoms with van der Waals surface area (Å²) in [5.41, 5.74) is 2.08. The topological polar surface area (TPSA) is 67.4 Å². The molecule has 5 nitrogen and oxygen atoms in total. The summed E-state index contributed by atoms with van der Waals surface area (Å²) in [5, 5.41) is 4.88. The number of halogens is 3. The number of piperidine rings is 1. The monoisotopic (exact) mass is 412 g/mol. The van der Waals surface area contributed by atoms with Gasteiger partial charge in [-0.15, -0.1) is 0 Å². The Hall–Kier alpha value is -2.25. The molecular formula is C21H27F3N2O3. The Morgan fingerprint density at radius 2 is 2.07 bits per heavy atom. The molecule has 1 fully saturated rings. The second kappa shape index (κ2) is 8.63. The Labute approximate surface area is 168 Å². The summed E-state index contributed by atoms with van der Waals surface area (Å²) in [7, 11) is 1.60. The fourth-order valence-corrected chi connectivity index (χ4v) is 4.42. The molecule has 0 saturated carbocycles. The average molecular weight is 412 g/mol. The van der Waals surface area contributed by atoms with Crippen LogP contribution < -0.4 is 15.4 Å². The Balaban J connectivity index is 1.73. The van der Waals surface area contributed by atoms with Gasteiger partial charge in [-0.1, -0.05) is 25.8 Å². The fourth-order valence-electron chi connectivity index (χ4n) is 4.42. The number of hydrogen-bond donors (Lipinski definition) is 2. The van der Waals surface area contributed by atoms with Crippen molar-refractivity contribution in [1.82, 2.24) is 10.6 Å². The molecule has 4 unspecified atom stereocenters. The van der Waals surface area contributed by atoms with E-state index >= 15 is 0 Å². The van der Waals surface area contributed by atoms with Gasteiger partial charge < -0.3 is 15.4 Å². The SMILES string of the molecule is CCCC1Cc2cc(OC)ccc2C(NC(=O)C2CCC(C(F)(F)F)NC2=O)C1. The third-order valence-corrected chi connectivity index (χ3v) is 5.91. The van der Waals surface area contributed by atoms with Crippen molar-refractivity contribution in [1.29, 1.82) is 0 Å². The number of alkyl halides is 3. The zero-order valence-corrected chi connectivity index (χ0v) is 16.6. The largest absolute Gasteiger partial charge is 0.497 e. The predicted molar refractivity (Wildman–Crippen MR) is 101 cm³/mol. The Morgan fingerprint density at radius 3 is 2.69 bits per heavy atom. The molecule has 2 aliphatic rings. The molecule has 1 aliphatic carbocycles. The van der Waals surface area contributed by atoms with Crippen molar-refractivity contribution >= 4 is 11.8 Å². The van der Waals surface area contributed by atoms with Crippen LogP contribution in [-0.2, 0) is 16.0 Å². The Morgan fingerprint density at radius 1 is 1.31 bits per heavy atom. The van der Waals surface area contributed by atoms with Gasteiger partial charge in [-0.25, -0.2) is 0 Å². The van der Waals surface area contributed by atoms with Crippen LogP contribution in [0, 0.1) is 11.8 Å². The summed E-state index contributed by atoms with van der Waals surface area (Å²) >= 11 is 0. The molecule has 0 aromatic heterocycles. The quantitative estimate of drug-likeness (QED) is 0.725.